The standard InChI is InChI=1S/C22H34N4/c1-3-19-16-23-22(24-17-19)25(2)18-21-11-9-20(10-12-21)8-7-15-26-13-5-4-6-14-26/h16-17,20-21H,3-6,9-15,18H2,1-2H3/t20-,21-. The molecule has 1 aromatic heterocycles. The van der Waals surface area contributed by atoms with Gasteiger partial charge in [-0.05, 0) is 69.5 Å². The summed E-state index contributed by atoms with van der Waals surface area (Å²) < 4.78 is 0. The van der Waals surface area contributed by atoms with E-state index in [-0.39, 0.29) is 0 Å². The maximum absolute atomic E-state index is 4.50. The maximum atomic E-state index is 4.50. The van der Waals surface area contributed by atoms with Crippen LogP contribution in [0.1, 0.15) is 57.4 Å². The Morgan fingerprint density at radius 3 is 2.42 bits per heavy atom. The summed E-state index contributed by atoms with van der Waals surface area (Å²) in [5.74, 6) is 9.23. The van der Waals surface area contributed by atoms with Crippen LogP contribution in [-0.2, 0) is 6.42 Å². The molecule has 2 aliphatic rings. The Bertz CT molecular complexity index is 587. The van der Waals surface area contributed by atoms with Gasteiger partial charge in [-0.1, -0.05) is 25.2 Å². The van der Waals surface area contributed by atoms with E-state index in [4.69, 9.17) is 0 Å². The minimum atomic E-state index is 0.612. The van der Waals surface area contributed by atoms with Crippen molar-refractivity contribution in [3.8, 4) is 11.8 Å². The van der Waals surface area contributed by atoms with Gasteiger partial charge in [0.1, 0.15) is 0 Å². The Morgan fingerprint density at radius 1 is 1.08 bits per heavy atom. The lowest BCUT2D eigenvalue weighted by molar-refractivity contribution is 0.254. The van der Waals surface area contributed by atoms with Crippen LogP contribution < -0.4 is 4.90 Å². The molecule has 0 bridgehead atoms. The van der Waals surface area contributed by atoms with Crippen LogP contribution >= 0.6 is 0 Å². The topological polar surface area (TPSA) is 32.3 Å². The number of nitrogens with zero attached hydrogens (tertiary/aromatic N) is 4. The van der Waals surface area contributed by atoms with Gasteiger partial charge in [-0.3, -0.25) is 4.90 Å². The number of rotatable bonds is 5. The molecule has 0 radical (unpaired) electrons. The Labute approximate surface area is 159 Å². The summed E-state index contributed by atoms with van der Waals surface area (Å²) in [6, 6.07) is 0. The third kappa shape index (κ3) is 5.71. The Kier molecular flexibility index (Phi) is 7.32. The van der Waals surface area contributed by atoms with E-state index in [1.807, 2.05) is 12.4 Å². The van der Waals surface area contributed by atoms with Gasteiger partial charge in [-0.25, -0.2) is 9.97 Å². The molecule has 3 rings (SSSR count). The third-order valence-corrected chi connectivity index (χ3v) is 5.88. The Balaban J connectivity index is 1.39. The smallest absolute Gasteiger partial charge is 0.224 e. The monoisotopic (exact) mass is 354 g/mol. The summed E-state index contributed by atoms with van der Waals surface area (Å²) >= 11 is 0. The van der Waals surface area contributed by atoms with Gasteiger partial charge in [0, 0.05) is 31.9 Å². The molecule has 2 heterocycles. The summed E-state index contributed by atoms with van der Waals surface area (Å²) in [5.41, 5.74) is 1.20. The van der Waals surface area contributed by atoms with Crippen molar-refractivity contribution in [2.45, 2.75) is 58.3 Å². The summed E-state index contributed by atoms with van der Waals surface area (Å²) in [6.45, 7) is 6.66. The van der Waals surface area contributed by atoms with E-state index in [0.717, 1.165) is 31.4 Å². The van der Waals surface area contributed by atoms with Crippen molar-refractivity contribution in [2.24, 2.45) is 11.8 Å². The number of anilines is 1. The zero-order valence-corrected chi connectivity index (χ0v) is 16.6. The molecule has 4 heteroatoms. The van der Waals surface area contributed by atoms with Crippen molar-refractivity contribution in [3.63, 3.8) is 0 Å². The SMILES string of the molecule is CCc1cnc(N(C)C[C@H]2CC[C@H](C#CCN3CCCCC3)CC2)nc1. The molecule has 1 aromatic rings. The molecule has 4 nitrogen and oxygen atoms in total. The highest BCUT2D eigenvalue weighted by Crippen LogP contribution is 2.29. The van der Waals surface area contributed by atoms with Crippen molar-refractivity contribution >= 4 is 5.95 Å². The molecular weight excluding hydrogens is 320 g/mol. The molecule has 26 heavy (non-hydrogen) atoms. The van der Waals surface area contributed by atoms with Gasteiger partial charge < -0.3 is 4.90 Å². The van der Waals surface area contributed by atoms with Crippen molar-refractivity contribution in [1.29, 1.82) is 0 Å². The second-order valence-electron chi connectivity index (χ2n) is 8.00. The maximum Gasteiger partial charge on any atom is 0.224 e. The van der Waals surface area contributed by atoms with E-state index < -0.39 is 0 Å². The van der Waals surface area contributed by atoms with E-state index in [1.165, 1.54) is 63.6 Å². The number of hydrogen-bond donors (Lipinski definition) is 0. The van der Waals surface area contributed by atoms with E-state index in [0.29, 0.717) is 5.92 Å². The second kappa shape index (κ2) is 9.92. The molecule has 0 atom stereocenters. The summed E-state index contributed by atoms with van der Waals surface area (Å²) in [6.07, 6.45) is 14.1. The van der Waals surface area contributed by atoms with Crippen LogP contribution in [0.4, 0.5) is 5.95 Å². The number of piperidine rings is 1. The minimum absolute atomic E-state index is 0.612. The highest BCUT2D eigenvalue weighted by molar-refractivity contribution is 5.28. The molecule has 1 saturated carbocycles. The highest BCUT2D eigenvalue weighted by atomic mass is 15.2. The van der Waals surface area contributed by atoms with Gasteiger partial charge in [0.05, 0.1) is 6.54 Å². The first kappa shape index (κ1) is 19.2. The fraction of sp³-hybridized carbons (Fsp3) is 0.727. The largest absolute Gasteiger partial charge is 0.344 e. The molecule has 1 aliphatic carbocycles. The fourth-order valence-corrected chi connectivity index (χ4v) is 4.11. The number of hydrogen-bond acceptors (Lipinski definition) is 4. The van der Waals surface area contributed by atoms with Crippen LogP contribution in [-0.4, -0.2) is 48.1 Å². The first-order valence-electron chi connectivity index (χ1n) is 10.5. The van der Waals surface area contributed by atoms with Gasteiger partial charge in [0.25, 0.3) is 0 Å². The van der Waals surface area contributed by atoms with E-state index >= 15 is 0 Å². The number of aryl methyl sites for hydroxylation is 1. The van der Waals surface area contributed by atoms with Crippen molar-refractivity contribution in [1.82, 2.24) is 14.9 Å². The zero-order chi connectivity index (χ0) is 18.2. The van der Waals surface area contributed by atoms with Crippen LogP contribution in [0.25, 0.3) is 0 Å². The van der Waals surface area contributed by atoms with Crippen LogP contribution in [0.15, 0.2) is 12.4 Å². The average molecular weight is 355 g/mol. The Morgan fingerprint density at radius 2 is 1.77 bits per heavy atom. The van der Waals surface area contributed by atoms with Crippen LogP contribution in [0, 0.1) is 23.7 Å². The normalized spacial score (nSPS) is 23.9. The molecular formula is C22H34N4. The highest BCUT2D eigenvalue weighted by Gasteiger charge is 2.21. The fourth-order valence-electron chi connectivity index (χ4n) is 4.11. The molecule has 0 N–H and O–H groups in total. The van der Waals surface area contributed by atoms with Gasteiger partial charge in [0.15, 0.2) is 0 Å². The molecule has 0 aromatic carbocycles. The third-order valence-electron chi connectivity index (χ3n) is 5.88. The lowest BCUT2D eigenvalue weighted by Gasteiger charge is -2.29. The molecule has 0 unspecified atom stereocenters. The minimum Gasteiger partial charge on any atom is -0.344 e. The number of likely N-dealkylation sites (tertiary alicyclic amines) is 1. The molecule has 0 spiro atoms. The van der Waals surface area contributed by atoms with Gasteiger partial charge in [-0.2, -0.15) is 0 Å². The molecule has 1 saturated heterocycles. The van der Waals surface area contributed by atoms with E-state index in [2.05, 4.69) is 45.6 Å². The lowest BCUT2D eigenvalue weighted by Crippen LogP contribution is -2.30. The quantitative estimate of drug-likeness (QED) is 0.754. The average Bonchev–Trinajstić information content (AvgIpc) is 2.70. The summed E-state index contributed by atoms with van der Waals surface area (Å²) in [5, 5.41) is 0. The second-order valence-corrected chi connectivity index (χ2v) is 8.00. The van der Waals surface area contributed by atoms with Crippen molar-refractivity contribution < 1.29 is 0 Å². The lowest BCUT2D eigenvalue weighted by atomic mass is 9.82. The van der Waals surface area contributed by atoms with E-state index in [1.54, 1.807) is 0 Å². The first-order valence-corrected chi connectivity index (χ1v) is 10.5. The van der Waals surface area contributed by atoms with Gasteiger partial charge in [-0.15, -0.1) is 0 Å². The Hall–Kier alpha value is -1.60. The molecule has 142 valence electrons. The van der Waals surface area contributed by atoms with Crippen LogP contribution in [0.3, 0.4) is 0 Å². The van der Waals surface area contributed by atoms with E-state index in [9.17, 15) is 0 Å². The summed E-state index contributed by atoms with van der Waals surface area (Å²) in [4.78, 5) is 13.7. The predicted molar refractivity (Wildman–Crippen MR) is 108 cm³/mol. The first-order chi connectivity index (χ1) is 12.7. The zero-order valence-electron chi connectivity index (χ0n) is 16.6. The van der Waals surface area contributed by atoms with Crippen LogP contribution in [0.2, 0.25) is 0 Å². The number of aromatic nitrogens is 2. The molecule has 1 aliphatic heterocycles. The van der Waals surface area contributed by atoms with Gasteiger partial charge in [0.2, 0.25) is 5.95 Å². The predicted octanol–water partition coefficient (Wildman–Crippen LogP) is 3.77. The van der Waals surface area contributed by atoms with Crippen molar-refractivity contribution in [2.75, 3.05) is 38.1 Å². The van der Waals surface area contributed by atoms with Gasteiger partial charge >= 0.3 is 0 Å². The molecule has 0 amide bonds. The molecule has 2 fully saturated rings. The van der Waals surface area contributed by atoms with Crippen molar-refractivity contribution in [3.05, 3.63) is 18.0 Å². The van der Waals surface area contributed by atoms with Crippen LogP contribution in [0.5, 0.6) is 0 Å². The summed E-state index contributed by atoms with van der Waals surface area (Å²) in [7, 11) is 2.12.